The molecule has 8 nitrogen and oxygen atoms in total. The number of nitrogens with zero attached hydrogens (tertiary/aromatic N) is 2. The quantitative estimate of drug-likeness (QED) is 0.614. The summed E-state index contributed by atoms with van der Waals surface area (Å²) in [7, 11) is 0. The molecule has 0 unspecified atom stereocenters. The Morgan fingerprint density at radius 3 is 2.72 bits per heavy atom. The molecule has 2 aromatic rings. The lowest BCUT2D eigenvalue weighted by Crippen LogP contribution is -2.20. The molecule has 0 spiro atoms. The maximum absolute atomic E-state index is 12.9. The Kier molecular flexibility index (Phi) is 6.65. The largest absolute Gasteiger partial charge is 0.490 e. The number of aromatic nitrogens is 2. The van der Waals surface area contributed by atoms with Crippen LogP contribution in [0, 0.1) is 5.41 Å². The Labute approximate surface area is 176 Å². The first-order chi connectivity index (χ1) is 13.9. The summed E-state index contributed by atoms with van der Waals surface area (Å²) >= 11 is 2.49. The van der Waals surface area contributed by atoms with E-state index in [1.807, 2.05) is 13.8 Å². The van der Waals surface area contributed by atoms with Gasteiger partial charge >= 0.3 is 0 Å². The average molecular weight is 433 g/mol. The predicted octanol–water partition coefficient (Wildman–Crippen LogP) is 2.78. The minimum atomic E-state index is -0.686. The van der Waals surface area contributed by atoms with Gasteiger partial charge in [-0.25, -0.2) is 0 Å². The minimum Gasteiger partial charge on any atom is -0.490 e. The summed E-state index contributed by atoms with van der Waals surface area (Å²) in [6.45, 7) is 3.95. The van der Waals surface area contributed by atoms with E-state index in [2.05, 4.69) is 10.2 Å². The lowest BCUT2D eigenvalue weighted by atomic mass is 10.1. The first-order valence-corrected chi connectivity index (χ1v) is 10.6. The predicted molar refractivity (Wildman–Crippen MR) is 113 cm³/mol. The summed E-state index contributed by atoms with van der Waals surface area (Å²) < 4.78 is 10.9. The molecular formula is C19H20N4O4S2. The number of thioether (sulfide) groups is 1. The third-order valence-corrected chi connectivity index (χ3v) is 6.08. The van der Waals surface area contributed by atoms with Gasteiger partial charge in [-0.2, -0.15) is 0 Å². The molecule has 0 bridgehead atoms. The zero-order valence-corrected chi connectivity index (χ0v) is 17.6. The number of primary amides is 1. The molecule has 1 fully saturated rings. The fourth-order valence-corrected chi connectivity index (χ4v) is 4.60. The van der Waals surface area contributed by atoms with Gasteiger partial charge in [0.2, 0.25) is 0 Å². The molecule has 3 rings (SSSR count). The van der Waals surface area contributed by atoms with Gasteiger partial charge in [-0.1, -0.05) is 24.8 Å². The molecule has 10 heteroatoms. The van der Waals surface area contributed by atoms with E-state index >= 15 is 0 Å². The maximum atomic E-state index is 12.9. The number of ketones is 1. The Bertz CT molecular complexity index is 986. The van der Waals surface area contributed by atoms with Crippen LogP contribution < -0.4 is 15.2 Å². The number of carbonyl (C=O) groups is 2. The molecule has 1 atom stereocenters. The number of ether oxygens (including phenoxy) is 2. The van der Waals surface area contributed by atoms with Crippen molar-refractivity contribution in [2.45, 2.75) is 26.2 Å². The fourth-order valence-electron chi connectivity index (χ4n) is 2.64. The van der Waals surface area contributed by atoms with E-state index < -0.39 is 11.8 Å². The van der Waals surface area contributed by atoms with Gasteiger partial charge in [0.05, 0.1) is 16.6 Å². The molecule has 1 saturated heterocycles. The van der Waals surface area contributed by atoms with Crippen molar-refractivity contribution in [3.8, 4) is 11.5 Å². The van der Waals surface area contributed by atoms with E-state index in [4.69, 9.17) is 20.6 Å². The molecule has 1 amide bonds. The number of aryl methyl sites for hydroxylation is 1. The number of hydrogen-bond donors (Lipinski definition) is 2. The summed E-state index contributed by atoms with van der Waals surface area (Å²) in [4.78, 5) is 24.3. The van der Waals surface area contributed by atoms with E-state index in [1.54, 1.807) is 24.3 Å². The molecule has 1 aromatic heterocycles. The van der Waals surface area contributed by atoms with Crippen LogP contribution in [0.3, 0.4) is 0 Å². The van der Waals surface area contributed by atoms with Gasteiger partial charge in [-0.3, -0.25) is 15.0 Å². The lowest BCUT2D eigenvalue weighted by molar-refractivity contribution is -0.120. The molecule has 0 saturated carbocycles. The number of nitrogens with one attached hydrogen (secondary N) is 1. The highest BCUT2D eigenvalue weighted by Crippen LogP contribution is 2.42. The standard InChI is InChI=1S/C19H20N4O4S2/c1-3-15-22-23-19(29-15)16-17(25)13(28-18(16)21)8-10-5-6-11(27-9-14(20)24)12(7-10)26-4-2/h5-8,16,21H,3-4,9H2,1-2H3,(H2,20,24)/b13-8-,21-18?/t16-/m0/s1. The highest BCUT2D eigenvalue weighted by Gasteiger charge is 2.39. The van der Waals surface area contributed by atoms with Gasteiger partial charge in [0.25, 0.3) is 5.91 Å². The first-order valence-electron chi connectivity index (χ1n) is 8.95. The van der Waals surface area contributed by atoms with Gasteiger partial charge in [-0.05, 0) is 37.1 Å². The number of amides is 1. The van der Waals surface area contributed by atoms with Crippen molar-refractivity contribution >= 4 is 45.9 Å². The molecule has 0 radical (unpaired) electrons. The summed E-state index contributed by atoms with van der Waals surface area (Å²) in [5.41, 5.74) is 5.84. The van der Waals surface area contributed by atoms with E-state index in [-0.39, 0.29) is 17.4 Å². The number of Topliss-reactive ketones (excluding diaryl/α,β-unsaturated/α-hetero) is 1. The number of hydrogen-bond acceptors (Lipinski definition) is 9. The van der Waals surface area contributed by atoms with Crippen molar-refractivity contribution in [2.24, 2.45) is 5.73 Å². The van der Waals surface area contributed by atoms with Crippen molar-refractivity contribution in [3.05, 3.63) is 38.7 Å². The van der Waals surface area contributed by atoms with Crippen LogP contribution in [-0.2, 0) is 16.0 Å². The Morgan fingerprint density at radius 2 is 2.07 bits per heavy atom. The van der Waals surface area contributed by atoms with Crippen LogP contribution in [0.1, 0.15) is 35.3 Å². The second-order valence-corrected chi connectivity index (χ2v) is 8.23. The van der Waals surface area contributed by atoms with Crippen LogP contribution in [-0.4, -0.2) is 40.1 Å². The van der Waals surface area contributed by atoms with Crippen LogP contribution in [0.4, 0.5) is 0 Å². The molecule has 0 aliphatic carbocycles. The normalized spacial score (nSPS) is 17.7. The monoisotopic (exact) mass is 432 g/mol. The smallest absolute Gasteiger partial charge is 0.255 e. The topological polar surface area (TPSA) is 128 Å². The highest BCUT2D eigenvalue weighted by molar-refractivity contribution is 8.19. The Morgan fingerprint density at radius 1 is 1.28 bits per heavy atom. The van der Waals surface area contributed by atoms with Crippen molar-refractivity contribution in [1.29, 1.82) is 5.41 Å². The van der Waals surface area contributed by atoms with E-state index in [9.17, 15) is 9.59 Å². The third-order valence-electron chi connectivity index (χ3n) is 3.95. The van der Waals surface area contributed by atoms with Gasteiger partial charge in [0, 0.05) is 0 Å². The molecular weight excluding hydrogens is 412 g/mol. The first kappa shape index (κ1) is 21.0. The molecule has 1 aliphatic heterocycles. The second kappa shape index (κ2) is 9.19. The third kappa shape index (κ3) is 4.83. The van der Waals surface area contributed by atoms with Crippen molar-refractivity contribution in [2.75, 3.05) is 13.2 Å². The van der Waals surface area contributed by atoms with Crippen molar-refractivity contribution in [1.82, 2.24) is 10.2 Å². The van der Waals surface area contributed by atoms with Gasteiger partial charge in [0.15, 0.2) is 23.9 Å². The molecule has 2 heterocycles. The molecule has 1 aromatic carbocycles. The van der Waals surface area contributed by atoms with Crippen LogP contribution in [0.15, 0.2) is 23.1 Å². The molecule has 1 aliphatic rings. The summed E-state index contributed by atoms with van der Waals surface area (Å²) in [6.07, 6.45) is 2.45. The Hall–Kier alpha value is -2.72. The second-order valence-electron chi connectivity index (χ2n) is 6.05. The minimum absolute atomic E-state index is 0.161. The molecule has 152 valence electrons. The molecule has 3 N–H and O–H groups in total. The van der Waals surface area contributed by atoms with Gasteiger partial charge in [-0.15, -0.1) is 21.5 Å². The summed E-state index contributed by atoms with van der Waals surface area (Å²) in [5.74, 6) is -0.592. The van der Waals surface area contributed by atoms with Crippen LogP contribution in [0.25, 0.3) is 6.08 Å². The average Bonchev–Trinajstić information content (AvgIpc) is 3.25. The SMILES string of the molecule is CCOc1cc(/C=C2\SC(=N)[C@@H](c3nnc(CC)s3)C2=O)ccc1OCC(N)=O. The van der Waals surface area contributed by atoms with Gasteiger partial charge < -0.3 is 15.2 Å². The number of nitrogens with two attached hydrogens (primary N) is 1. The number of benzene rings is 1. The van der Waals surface area contributed by atoms with Crippen molar-refractivity contribution < 1.29 is 19.1 Å². The zero-order chi connectivity index (χ0) is 21.0. The van der Waals surface area contributed by atoms with Crippen LogP contribution >= 0.6 is 23.1 Å². The lowest BCUT2D eigenvalue weighted by Gasteiger charge is -2.11. The van der Waals surface area contributed by atoms with Crippen molar-refractivity contribution in [3.63, 3.8) is 0 Å². The van der Waals surface area contributed by atoms with Crippen LogP contribution in [0.5, 0.6) is 11.5 Å². The summed E-state index contributed by atoms with van der Waals surface area (Å²) in [6, 6.07) is 5.13. The van der Waals surface area contributed by atoms with E-state index in [0.717, 1.165) is 28.8 Å². The van der Waals surface area contributed by atoms with Gasteiger partial charge in [0.1, 0.15) is 15.9 Å². The van der Waals surface area contributed by atoms with E-state index in [1.165, 1.54) is 11.3 Å². The van der Waals surface area contributed by atoms with E-state index in [0.29, 0.717) is 28.0 Å². The van der Waals surface area contributed by atoms with Crippen LogP contribution in [0.2, 0.25) is 0 Å². The Balaban J connectivity index is 1.85. The maximum Gasteiger partial charge on any atom is 0.255 e. The highest BCUT2D eigenvalue weighted by atomic mass is 32.2. The fraction of sp³-hybridized carbons (Fsp3) is 0.316. The molecule has 29 heavy (non-hydrogen) atoms. The zero-order valence-electron chi connectivity index (χ0n) is 15.9. The number of carbonyl (C=O) groups excluding carboxylic acids is 2. The summed E-state index contributed by atoms with van der Waals surface area (Å²) in [5, 5.41) is 18.0. The number of allylic oxidation sites excluding steroid dienone is 1. The number of rotatable bonds is 8.